The van der Waals surface area contributed by atoms with Crippen molar-refractivity contribution in [1.29, 1.82) is 5.26 Å². The minimum Gasteiger partial charge on any atom is -0.457 e. The zero-order valence-electron chi connectivity index (χ0n) is 18.5. The van der Waals surface area contributed by atoms with E-state index < -0.39 is 16.7 Å². The summed E-state index contributed by atoms with van der Waals surface area (Å²) < 4.78 is 6.35. The molecule has 2 amide bonds. The Morgan fingerprint density at radius 3 is 2.51 bits per heavy atom. The minimum absolute atomic E-state index is 0.0626. The van der Waals surface area contributed by atoms with Gasteiger partial charge in [0.25, 0.3) is 17.5 Å². The van der Waals surface area contributed by atoms with Gasteiger partial charge in [0, 0.05) is 34.3 Å². The van der Waals surface area contributed by atoms with Crippen LogP contribution in [-0.2, 0) is 16.0 Å². The summed E-state index contributed by atoms with van der Waals surface area (Å²) in [6.07, 6.45) is 1.96. The molecule has 0 aliphatic carbocycles. The van der Waals surface area contributed by atoms with Crippen molar-refractivity contribution in [3.63, 3.8) is 0 Å². The average molecular weight is 532 g/mol. The Morgan fingerprint density at radius 1 is 1.11 bits per heavy atom. The fourth-order valence-electron chi connectivity index (χ4n) is 3.75. The van der Waals surface area contributed by atoms with Gasteiger partial charge < -0.3 is 4.42 Å². The van der Waals surface area contributed by atoms with Gasteiger partial charge >= 0.3 is 0 Å². The Bertz CT molecular complexity index is 1450. The third-order valence-corrected chi connectivity index (χ3v) is 6.29. The highest BCUT2D eigenvalue weighted by Gasteiger charge is 2.35. The topological polar surface area (TPSA) is 117 Å². The molecule has 2 aromatic carbocycles. The first-order valence-electron chi connectivity index (χ1n) is 10.6. The molecule has 1 aromatic heterocycles. The third-order valence-electron chi connectivity index (χ3n) is 5.63. The molecule has 174 valence electrons. The maximum Gasteiger partial charge on any atom is 0.271 e. The van der Waals surface area contributed by atoms with Crippen molar-refractivity contribution >= 4 is 39.5 Å². The normalized spacial score (nSPS) is 15.0. The predicted octanol–water partition coefficient (Wildman–Crippen LogP) is 5.45. The molecule has 2 heterocycles. The minimum atomic E-state index is -0.613. The Morgan fingerprint density at radius 2 is 1.86 bits per heavy atom. The number of amides is 2. The molecule has 3 aromatic rings. The highest BCUT2D eigenvalue weighted by atomic mass is 79.9. The fraction of sp³-hybridized carbons (Fsp3) is 0.115. The van der Waals surface area contributed by atoms with Crippen LogP contribution in [0.2, 0.25) is 0 Å². The summed E-state index contributed by atoms with van der Waals surface area (Å²) in [5.74, 6) is -0.349. The lowest BCUT2D eigenvalue weighted by molar-refractivity contribution is -0.384. The van der Waals surface area contributed by atoms with Crippen LogP contribution in [0.3, 0.4) is 0 Å². The molecular weight excluding hydrogens is 514 g/mol. The van der Waals surface area contributed by atoms with E-state index in [0.717, 1.165) is 10.5 Å². The molecule has 0 bridgehead atoms. The van der Waals surface area contributed by atoms with Crippen LogP contribution in [0.4, 0.5) is 5.69 Å². The van der Waals surface area contributed by atoms with Crippen LogP contribution in [0, 0.1) is 21.4 Å². The predicted molar refractivity (Wildman–Crippen MR) is 132 cm³/mol. The van der Waals surface area contributed by atoms with Crippen LogP contribution < -0.4 is 0 Å². The SMILES string of the molecule is CC1=C(C#N)C(=O)N(CCc2ccccc2)C(=O)/C1=C/c1ccc(-c2ccc([N+](=O)[O-])cc2Br)o1. The van der Waals surface area contributed by atoms with Crippen LogP contribution in [0.5, 0.6) is 0 Å². The summed E-state index contributed by atoms with van der Waals surface area (Å²) in [5, 5.41) is 20.6. The highest BCUT2D eigenvalue weighted by molar-refractivity contribution is 9.10. The Hall–Kier alpha value is -4.29. The van der Waals surface area contributed by atoms with Crippen molar-refractivity contribution < 1.29 is 18.9 Å². The number of halogens is 1. The smallest absolute Gasteiger partial charge is 0.271 e. The average Bonchev–Trinajstić information content (AvgIpc) is 3.31. The summed E-state index contributed by atoms with van der Waals surface area (Å²) in [6.45, 7) is 1.70. The van der Waals surface area contributed by atoms with Crippen molar-refractivity contribution in [2.24, 2.45) is 0 Å². The lowest BCUT2D eigenvalue weighted by atomic mass is 9.94. The molecule has 0 spiro atoms. The van der Waals surface area contributed by atoms with Crippen molar-refractivity contribution in [2.45, 2.75) is 13.3 Å². The van der Waals surface area contributed by atoms with Crippen LogP contribution >= 0.6 is 15.9 Å². The van der Waals surface area contributed by atoms with E-state index in [-0.39, 0.29) is 29.0 Å². The summed E-state index contributed by atoms with van der Waals surface area (Å²) in [7, 11) is 0. The standard InChI is InChI=1S/C26H18BrN3O5/c1-16-21(14-19-8-10-24(35-19)20-9-7-18(30(33)34)13-23(20)27)25(31)29(26(32)22(16)15-28)12-11-17-5-3-2-4-6-17/h2-10,13-14H,11-12H2,1H3/b21-14+. The molecule has 0 atom stereocenters. The van der Waals surface area contributed by atoms with E-state index in [4.69, 9.17) is 4.42 Å². The van der Waals surface area contributed by atoms with Crippen LogP contribution in [-0.4, -0.2) is 28.2 Å². The lowest BCUT2D eigenvalue weighted by Crippen LogP contribution is -2.43. The number of carbonyl (C=O) groups is 2. The molecule has 9 heteroatoms. The second kappa shape index (κ2) is 9.91. The first-order chi connectivity index (χ1) is 16.8. The van der Waals surface area contributed by atoms with Gasteiger partial charge in [-0.05, 0) is 64.7 Å². The maximum atomic E-state index is 13.2. The number of furan rings is 1. The maximum absolute atomic E-state index is 13.2. The molecule has 0 N–H and O–H groups in total. The number of nitro groups is 1. The van der Waals surface area contributed by atoms with E-state index in [9.17, 15) is 25.0 Å². The zero-order valence-corrected chi connectivity index (χ0v) is 20.1. The second-order valence-electron chi connectivity index (χ2n) is 7.79. The summed E-state index contributed by atoms with van der Waals surface area (Å²) >= 11 is 3.33. The number of carbonyl (C=O) groups excluding carboxylic acids is 2. The molecule has 35 heavy (non-hydrogen) atoms. The third kappa shape index (κ3) is 4.83. The number of imide groups is 1. The van der Waals surface area contributed by atoms with E-state index >= 15 is 0 Å². The molecule has 0 saturated carbocycles. The number of non-ortho nitro benzene ring substituents is 1. The molecule has 8 nitrogen and oxygen atoms in total. The van der Waals surface area contributed by atoms with E-state index in [0.29, 0.717) is 28.0 Å². The number of nitrogens with zero attached hydrogens (tertiary/aromatic N) is 3. The highest BCUT2D eigenvalue weighted by Crippen LogP contribution is 2.34. The zero-order chi connectivity index (χ0) is 25.1. The Balaban J connectivity index is 1.65. The van der Waals surface area contributed by atoms with E-state index in [1.54, 1.807) is 25.1 Å². The Kier molecular flexibility index (Phi) is 6.75. The number of hydrogen-bond donors (Lipinski definition) is 0. The summed E-state index contributed by atoms with van der Waals surface area (Å²) in [5.41, 5.74) is 1.89. The molecule has 1 aliphatic heterocycles. The van der Waals surface area contributed by atoms with Crippen molar-refractivity contribution in [1.82, 2.24) is 4.90 Å². The van der Waals surface area contributed by atoms with Crippen molar-refractivity contribution in [3.05, 3.63) is 103 Å². The molecule has 0 saturated heterocycles. The van der Waals surface area contributed by atoms with Gasteiger partial charge in [0.1, 0.15) is 23.2 Å². The van der Waals surface area contributed by atoms with Gasteiger partial charge in [0.15, 0.2) is 0 Å². The van der Waals surface area contributed by atoms with Gasteiger partial charge in [-0.3, -0.25) is 24.6 Å². The van der Waals surface area contributed by atoms with Gasteiger partial charge in [-0.2, -0.15) is 5.26 Å². The van der Waals surface area contributed by atoms with Gasteiger partial charge in [-0.25, -0.2) is 0 Å². The summed E-state index contributed by atoms with van der Waals surface area (Å²) in [4.78, 5) is 37.6. The van der Waals surface area contributed by atoms with Crippen molar-refractivity contribution in [2.75, 3.05) is 6.54 Å². The number of hydrogen-bond acceptors (Lipinski definition) is 6. The molecule has 0 fully saturated rings. The Labute approximate surface area is 209 Å². The van der Waals surface area contributed by atoms with Gasteiger partial charge in [0.05, 0.1) is 4.92 Å². The number of nitriles is 1. The van der Waals surface area contributed by atoms with E-state index in [2.05, 4.69) is 15.9 Å². The van der Waals surface area contributed by atoms with Gasteiger partial charge in [0.2, 0.25) is 0 Å². The summed E-state index contributed by atoms with van der Waals surface area (Å²) in [6, 6.07) is 19.0. The molecule has 1 aliphatic rings. The number of benzene rings is 2. The van der Waals surface area contributed by atoms with E-state index in [1.807, 2.05) is 36.4 Å². The number of nitro benzene ring substituents is 1. The van der Waals surface area contributed by atoms with Gasteiger partial charge in [-0.15, -0.1) is 0 Å². The quantitative estimate of drug-likeness (QED) is 0.180. The van der Waals surface area contributed by atoms with Crippen molar-refractivity contribution in [3.8, 4) is 17.4 Å². The first kappa shape index (κ1) is 23.9. The monoisotopic (exact) mass is 531 g/mol. The molecular formula is C26H18BrN3O5. The fourth-order valence-corrected chi connectivity index (χ4v) is 4.32. The first-order valence-corrected chi connectivity index (χ1v) is 11.4. The van der Waals surface area contributed by atoms with E-state index in [1.165, 1.54) is 18.2 Å². The van der Waals surface area contributed by atoms with Crippen LogP contribution in [0.1, 0.15) is 18.2 Å². The largest absolute Gasteiger partial charge is 0.457 e. The second-order valence-corrected chi connectivity index (χ2v) is 8.64. The molecule has 0 unspecified atom stereocenters. The van der Waals surface area contributed by atoms with Crippen LogP contribution in [0.15, 0.2) is 86.3 Å². The molecule has 4 rings (SSSR count). The van der Waals surface area contributed by atoms with Crippen LogP contribution in [0.25, 0.3) is 17.4 Å². The lowest BCUT2D eigenvalue weighted by Gasteiger charge is -2.27. The molecule has 0 radical (unpaired) electrons. The number of rotatable bonds is 6. The van der Waals surface area contributed by atoms with Gasteiger partial charge in [-0.1, -0.05) is 30.3 Å².